The Labute approximate surface area is 97.1 Å². The van der Waals surface area contributed by atoms with E-state index in [1.807, 2.05) is 17.8 Å². The molecule has 4 heteroatoms. The summed E-state index contributed by atoms with van der Waals surface area (Å²) in [5.74, 6) is 1.22. The monoisotopic (exact) mass is 223 g/mol. The zero-order chi connectivity index (χ0) is 12.0. The van der Waals surface area contributed by atoms with Crippen molar-refractivity contribution in [3.63, 3.8) is 0 Å². The third-order valence-electron chi connectivity index (χ3n) is 2.81. The van der Waals surface area contributed by atoms with Crippen LogP contribution in [0.1, 0.15) is 32.5 Å². The molecule has 1 aromatic rings. The molecule has 1 aromatic heterocycles. The Morgan fingerprint density at radius 1 is 1.62 bits per heavy atom. The summed E-state index contributed by atoms with van der Waals surface area (Å²) in [7, 11) is 1.95. The number of nitrogens with one attached hydrogen (secondary N) is 1. The second-order valence-corrected chi connectivity index (χ2v) is 4.18. The van der Waals surface area contributed by atoms with Crippen LogP contribution in [-0.2, 0) is 18.3 Å². The number of ketones is 1. The van der Waals surface area contributed by atoms with Crippen molar-refractivity contribution in [2.24, 2.45) is 7.05 Å². The van der Waals surface area contributed by atoms with Gasteiger partial charge in [0.15, 0.2) is 0 Å². The van der Waals surface area contributed by atoms with Crippen LogP contribution in [0.2, 0.25) is 0 Å². The number of aryl methyl sites for hydroxylation is 2. The molecular weight excluding hydrogens is 202 g/mol. The molecule has 0 aliphatic heterocycles. The van der Waals surface area contributed by atoms with Gasteiger partial charge in [-0.1, -0.05) is 6.92 Å². The van der Waals surface area contributed by atoms with Crippen molar-refractivity contribution in [2.45, 2.75) is 39.2 Å². The second-order valence-electron chi connectivity index (χ2n) is 4.18. The molecule has 0 saturated carbocycles. The van der Waals surface area contributed by atoms with E-state index in [2.05, 4.69) is 24.1 Å². The van der Waals surface area contributed by atoms with Crippen molar-refractivity contribution in [1.29, 1.82) is 0 Å². The predicted molar refractivity (Wildman–Crippen MR) is 64.3 cm³/mol. The number of aromatic nitrogens is 2. The van der Waals surface area contributed by atoms with E-state index in [0.717, 1.165) is 18.7 Å². The smallest absolute Gasteiger partial charge is 0.147 e. The molecule has 0 fully saturated rings. The minimum absolute atomic E-state index is 0.253. The van der Waals surface area contributed by atoms with E-state index in [4.69, 9.17) is 0 Å². The Balaban J connectivity index is 2.23. The summed E-state index contributed by atoms with van der Waals surface area (Å²) < 4.78 is 1.95. The first-order valence-corrected chi connectivity index (χ1v) is 5.84. The molecule has 1 rings (SSSR count). The largest absolute Gasteiger partial charge is 0.338 e. The lowest BCUT2D eigenvalue weighted by Crippen LogP contribution is -2.31. The summed E-state index contributed by atoms with van der Waals surface area (Å²) >= 11 is 0. The van der Waals surface area contributed by atoms with Crippen LogP contribution in [-0.4, -0.2) is 27.9 Å². The van der Waals surface area contributed by atoms with Gasteiger partial charge in [0.05, 0.1) is 6.54 Å². The normalized spacial score (nSPS) is 12.7. The molecule has 16 heavy (non-hydrogen) atoms. The molecule has 0 saturated heterocycles. The predicted octanol–water partition coefficient (Wildman–Crippen LogP) is 1.31. The van der Waals surface area contributed by atoms with Crippen LogP contribution in [0.15, 0.2) is 12.4 Å². The number of nitrogens with zero attached hydrogens (tertiary/aromatic N) is 2. The van der Waals surface area contributed by atoms with Crippen LogP contribution in [0.5, 0.6) is 0 Å². The lowest BCUT2D eigenvalue weighted by Gasteiger charge is -2.10. The van der Waals surface area contributed by atoms with Crippen molar-refractivity contribution in [2.75, 3.05) is 6.54 Å². The van der Waals surface area contributed by atoms with Crippen LogP contribution in [0, 0.1) is 0 Å². The van der Waals surface area contributed by atoms with E-state index in [-0.39, 0.29) is 5.78 Å². The van der Waals surface area contributed by atoms with E-state index >= 15 is 0 Å². The number of Topliss-reactive ketones (excluding diaryl/α,β-unsaturated/α-hetero) is 1. The van der Waals surface area contributed by atoms with E-state index in [1.54, 1.807) is 6.20 Å². The van der Waals surface area contributed by atoms with Gasteiger partial charge in [-0.3, -0.25) is 4.79 Å². The molecule has 0 spiro atoms. The third kappa shape index (κ3) is 4.14. The molecule has 1 atom stereocenters. The SMILES string of the molecule is CCC(C)NCC(=O)CCc1nccn1C. The molecule has 1 N–H and O–H groups in total. The highest BCUT2D eigenvalue weighted by Crippen LogP contribution is 1.99. The molecular formula is C12H21N3O. The van der Waals surface area contributed by atoms with Crippen molar-refractivity contribution in [3.05, 3.63) is 18.2 Å². The molecule has 0 amide bonds. The topological polar surface area (TPSA) is 46.9 Å². The molecule has 0 bridgehead atoms. The number of carbonyl (C=O) groups is 1. The molecule has 1 unspecified atom stereocenters. The third-order valence-corrected chi connectivity index (χ3v) is 2.81. The lowest BCUT2D eigenvalue weighted by molar-refractivity contribution is -0.118. The Hall–Kier alpha value is -1.16. The minimum Gasteiger partial charge on any atom is -0.338 e. The first-order valence-electron chi connectivity index (χ1n) is 5.84. The van der Waals surface area contributed by atoms with Crippen LogP contribution < -0.4 is 5.32 Å². The van der Waals surface area contributed by atoms with E-state index in [0.29, 0.717) is 19.0 Å². The average Bonchev–Trinajstić information content (AvgIpc) is 2.69. The van der Waals surface area contributed by atoms with Gasteiger partial charge in [0, 0.05) is 38.3 Å². The Morgan fingerprint density at radius 2 is 2.38 bits per heavy atom. The van der Waals surface area contributed by atoms with Gasteiger partial charge in [0.25, 0.3) is 0 Å². The van der Waals surface area contributed by atoms with E-state index < -0.39 is 0 Å². The number of hydrogen-bond acceptors (Lipinski definition) is 3. The molecule has 4 nitrogen and oxygen atoms in total. The van der Waals surface area contributed by atoms with Crippen LogP contribution in [0.25, 0.3) is 0 Å². The van der Waals surface area contributed by atoms with Crippen LogP contribution >= 0.6 is 0 Å². The fourth-order valence-corrected chi connectivity index (χ4v) is 1.41. The zero-order valence-electron chi connectivity index (χ0n) is 10.4. The number of imidazole rings is 1. The van der Waals surface area contributed by atoms with Crippen molar-refractivity contribution in [1.82, 2.24) is 14.9 Å². The highest BCUT2D eigenvalue weighted by atomic mass is 16.1. The first-order chi connectivity index (χ1) is 7.63. The summed E-state index contributed by atoms with van der Waals surface area (Å²) in [6.45, 7) is 4.67. The molecule has 90 valence electrons. The minimum atomic E-state index is 0.253. The summed E-state index contributed by atoms with van der Waals surface area (Å²) in [5, 5.41) is 3.20. The van der Waals surface area contributed by atoms with Crippen molar-refractivity contribution >= 4 is 5.78 Å². The lowest BCUT2D eigenvalue weighted by atomic mass is 10.2. The second kappa shape index (κ2) is 6.43. The summed E-state index contributed by atoms with van der Waals surface area (Å²) in [6.07, 6.45) is 6.00. The molecule has 0 aliphatic carbocycles. The van der Waals surface area contributed by atoms with Gasteiger partial charge in [-0.15, -0.1) is 0 Å². The Kier molecular flexibility index (Phi) is 5.19. The van der Waals surface area contributed by atoms with Crippen molar-refractivity contribution in [3.8, 4) is 0 Å². The van der Waals surface area contributed by atoms with Gasteiger partial charge in [0.2, 0.25) is 0 Å². The van der Waals surface area contributed by atoms with Gasteiger partial charge in [-0.05, 0) is 13.3 Å². The van der Waals surface area contributed by atoms with Gasteiger partial charge >= 0.3 is 0 Å². The van der Waals surface area contributed by atoms with Crippen molar-refractivity contribution < 1.29 is 4.79 Å². The maximum absolute atomic E-state index is 11.6. The maximum atomic E-state index is 11.6. The maximum Gasteiger partial charge on any atom is 0.147 e. The van der Waals surface area contributed by atoms with Gasteiger partial charge < -0.3 is 9.88 Å². The Bertz CT molecular complexity index is 333. The molecule has 0 aliphatic rings. The highest BCUT2D eigenvalue weighted by molar-refractivity contribution is 5.80. The number of hydrogen-bond donors (Lipinski definition) is 1. The fourth-order valence-electron chi connectivity index (χ4n) is 1.41. The van der Waals surface area contributed by atoms with Gasteiger partial charge in [-0.25, -0.2) is 4.98 Å². The standard InChI is InChI=1S/C12H21N3O/c1-4-10(2)14-9-11(16)5-6-12-13-7-8-15(12)3/h7-8,10,14H,4-6,9H2,1-3H3. The quantitative estimate of drug-likeness (QED) is 0.758. The fraction of sp³-hybridized carbons (Fsp3) is 0.667. The first kappa shape index (κ1) is 12.9. The molecule has 1 heterocycles. The number of rotatable bonds is 7. The van der Waals surface area contributed by atoms with Crippen LogP contribution in [0.4, 0.5) is 0 Å². The molecule has 0 radical (unpaired) electrons. The zero-order valence-corrected chi connectivity index (χ0v) is 10.4. The molecule has 0 aromatic carbocycles. The summed E-state index contributed by atoms with van der Waals surface area (Å²) in [5.41, 5.74) is 0. The summed E-state index contributed by atoms with van der Waals surface area (Å²) in [4.78, 5) is 15.8. The van der Waals surface area contributed by atoms with E-state index in [9.17, 15) is 4.79 Å². The summed E-state index contributed by atoms with van der Waals surface area (Å²) in [6, 6.07) is 0.414. The highest BCUT2D eigenvalue weighted by Gasteiger charge is 2.06. The van der Waals surface area contributed by atoms with Gasteiger partial charge in [-0.2, -0.15) is 0 Å². The van der Waals surface area contributed by atoms with E-state index in [1.165, 1.54) is 0 Å². The Morgan fingerprint density at radius 3 is 2.94 bits per heavy atom. The van der Waals surface area contributed by atoms with Gasteiger partial charge in [0.1, 0.15) is 11.6 Å². The number of carbonyl (C=O) groups excluding carboxylic acids is 1. The van der Waals surface area contributed by atoms with Crippen LogP contribution in [0.3, 0.4) is 0 Å². The average molecular weight is 223 g/mol.